The van der Waals surface area contributed by atoms with E-state index in [0.29, 0.717) is 19.3 Å². The fourth-order valence-corrected chi connectivity index (χ4v) is 6.27. The van der Waals surface area contributed by atoms with Gasteiger partial charge < -0.3 is 14.2 Å². The summed E-state index contributed by atoms with van der Waals surface area (Å²) in [4.78, 5) is 38.1. The van der Waals surface area contributed by atoms with Gasteiger partial charge in [-0.2, -0.15) is 0 Å². The Bertz CT molecular complexity index is 1780. The summed E-state index contributed by atoms with van der Waals surface area (Å²) in [6, 6.07) is 0. The first-order valence-electron chi connectivity index (χ1n) is 27.0. The Morgan fingerprint density at radius 2 is 0.634 bits per heavy atom. The Kier molecular flexibility index (Phi) is 52.2. The first-order valence-corrected chi connectivity index (χ1v) is 27.0. The molecule has 0 aromatic heterocycles. The van der Waals surface area contributed by atoms with Crippen LogP contribution in [-0.2, 0) is 28.6 Å². The Morgan fingerprint density at radius 3 is 1.06 bits per heavy atom. The van der Waals surface area contributed by atoms with Crippen LogP contribution in [0.5, 0.6) is 0 Å². The first kappa shape index (κ1) is 65.2. The van der Waals surface area contributed by atoms with E-state index in [0.717, 1.165) is 89.9 Å². The fourth-order valence-electron chi connectivity index (χ4n) is 6.27. The van der Waals surface area contributed by atoms with Crippen LogP contribution in [0.3, 0.4) is 0 Å². The number of hydrogen-bond donors (Lipinski definition) is 0. The molecule has 6 heteroatoms. The predicted molar refractivity (Wildman–Crippen MR) is 306 cm³/mol. The minimum atomic E-state index is -0.862. The minimum absolute atomic E-state index is 0.154. The molecule has 0 fully saturated rings. The molecule has 1 atom stereocenters. The SMILES string of the molecule is CC\C=C/C=C\C=C/C=C\C=C\C=C/C=C\CCCCCC(=O)OCC(COC(=O)CCC/C=C\C/C=C\C/C=C\C/C=C\CCCCC)OC(=O)CCC/C=C\C/C=C\C/C=C\C/C=C\C/C=C\CC. The van der Waals surface area contributed by atoms with Crippen molar-refractivity contribution >= 4 is 17.9 Å². The summed E-state index contributed by atoms with van der Waals surface area (Å²) in [6.07, 6.45) is 87.0. The van der Waals surface area contributed by atoms with E-state index in [4.69, 9.17) is 14.2 Å². The van der Waals surface area contributed by atoms with Gasteiger partial charge in [-0.25, -0.2) is 0 Å². The third-order valence-electron chi connectivity index (χ3n) is 10.3. The van der Waals surface area contributed by atoms with E-state index in [-0.39, 0.29) is 44.4 Å². The molecule has 0 amide bonds. The highest BCUT2D eigenvalue weighted by Crippen LogP contribution is 2.09. The van der Waals surface area contributed by atoms with Gasteiger partial charge in [-0.05, 0) is 116 Å². The fraction of sp³-hybridized carbons (Fsp3) is 0.462. The van der Waals surface area contributed by atoms with Crippen molar-refractivity contribution in [2.24, 2.45) is 0 Å². The number of hydrogen-bond acceptors (Lipinski definition) is 6. The molecule has 0 rings (SSSR count). The molecule has 0 aromatic carbocycles. The van der Waals surface area contributed by atoms with Gasteiger partial charge in [0.2, 0.25) is 0 Å². The average molecular weight is 971 g/mol. The molecule has 0 aliphatic carbocycles. The van der Waals surface area contributed by atoms with Gasteiger partial charge in [-0.15, -0.1) is 0 Å². The molecule has 0 aliphatic heterocycles. The van der Waals surface area contributed by atoms with E-state index >= 15 is 0 Å². The van der Waals surface area contributed by atoms with Gasteiger partial charge in [0.25, 0.3) is 0 Å². The van der Waals surface area contributed by atoms with Gasteiger partial charge in [0.05, 0.1) is 0 Å². The topological polar surface area (TPSA) is 78.9 Å². The minimum Gasteiger partial charge on any atom is -0.462 e. The van der Waals surface area contributed by atoms with Gasteiger partial charge in [-0.3, -0.25) is 14.4 Å². The van der Waals surface area contributed by atoms with Crippen molar-refractivity contribution in [1.29, 1.82) is 0 Å². The van der Waals surface area contributed by atoms with E-state index in [1.807, 2.05) is 72.9 Å². The summed E-state index contributed by atoms with van der Waals surface area (Å²) in [5.74, 6) is -1.13. The highest BCUT2D eigenvalue weighted by molar-refractivity contribution is 5.71. The molecule has 0 radical (unpaired) electrons. The Morgan fingerprint density at radius 1 is 0.310 bits per heavy atom. The first-order chi connectivity index (χ1) is 35.0. The molecule has 71 heavy (non-hydrogen) atoms. The predicted octanol–water partition coefficient (Wildman–Crippen LogP) is 18.3. The third-order valence-corrected chi connectivity index (χ3v) is 10.3. The number of unbranched alkanes of at least 4 members (excludes halogenated alkanes) is 8. The van der Waals surface area contributed by atoms with E-state index in [1.165, 1.54) is 25.7 Å². The van der Waals surface area contributed by atoms with Gasteiger partial charge in [0, 0.05) is 19.3 Å². The largest absolute Gasteiger partial charge is 0.462 e. The van der Waals surface area contributed by atoms with Gasteiger partial charge in [0.15, 0.2) is 6.10 Å². The zero-order valence-electron chi connectivity index (χ0n) is 44.4. The van der Waals surface area contributed by atoms with Crippen molar-refractivity contribution in [3.63, 3.8) is 0 Å². The van der Waals surface area contributed by atoms with Crippen LogP contribution in [-0.4, -0.2) is 37.2 Å². The maximum absolute atomic E-state index is 12.8. The second kappa shape index (κ2) is 56.8. The molecule has 0 saturated heterocycles. The van der Waals surface area contributed by atoms with E-state index in [1.54, 1.807) is 0 Å². The molecule has 390 valence electrons. The zero-order chi connectivity index (χ0) is 51.4. The normalized spacial score (nSPS) is 13.7. The summed E-state index contributed by atoms with van der Waals surface area (Å²) in [6.45, 7) is 6.18. The number of rotatable bonds is 45. The number of ether oxygens (including phenoxy) is 3. The molecule has 0 heterocycles. The summed E-state index contributed by atoms with van der Waals surface area (Å²) >= 11 is 0. The monoisotopic (exact) mass is 971 g/mol. The summed E-state index contributed by atoms with van der Waals surface area (Å²) in [5.41, 5.74) is 0. The molecule has 0 aliphatic rings. The molecule has 0 spiro atoms. The maximum Gasteiger partial charge on any atom is 0.306 e. The zero-order valence-corrected chi connectivity index (χ0v) is 44.4. The van der Waals surface area contributed by atoms with Crippen molar-refractivity contribution in [2.45, 2.75) is 181 Å². The van der Waals surface area contributed by atoms with Crippen LogP contribution in [0.1, 0.15) is 175 Å². The molecular formula is C65H94O6. The average Bonchev–Trinajstić information content (AvgIpc) is 3.37. The highest BCUT2D eigenvalue weighted by atomic mass is 16.6. The van der Waals surface area contributed by atoms with E-state index < -0.39 is 12.1 Å². The van der Waals surface area contributed by atoms with Crippen molar-refractivity contribution < 1.29 is 28.6 Å². The third kappa shape index (κ3) is 55.1. The lowest BCUT2D eigenvalue weighted by Crippen LogP contribution is -2.30. The number of carbonyl (C=O) groups is 3. The Balaban J connectivity index is 4.72. The summed E-state index contributed by atoms with van der Waals surface area (Å²) in [5, 5.41) is 0. The van der Waals surface area contributed by atoms with Crippen molar-refractivity contribution in [2.75, 3.05) is 13.2 Å². The molecule has 0 saturated carbocycles. The Labute approximate surface area is 433 Å². The molecule has 0 N–H and O–H groups in total. The van der Waals surface area contributed by atoms with Crippen molar-refractivity contribution in [3.8, 4) is 0 Å². The molecular weight excluding hydrogens is 877 g/mol. The van der Waals surface area contributed by atoms with Gasteiger partial charge in [0.1, 0.15) is 13.2 Å². The summed E-state index contributed by atoms with van der Waals surface area (Å²) in [7, 11) is 0. The maximum atomic E-state index is 12.8. The van der Waals surface area contributed by atoms with E-state index in [9.17, 15) is 14.4 Å². The van der Waals surface area contributed by atoms with Gasteiger partial charge >= 0.3 is 17.9 Å². The quantitative estimate of drug-likeness (QED) is 0.0199. The summed E-state index contributed by atoms with van der Waals surface area (Å²) < 4.78 is 16.7. The lowest BCUT2D eigenvalue weighted by Gasteiger charge is -2.18. The van der Waals surface area contributed by atoms with Crippen LogP contribution in [0.2, 0.25) is 0 Å². The lowest BCUT2D eigenvalue weighted by molar-refractivity contribution is -0.167. The van der Waals surface area contributed by atoms with Crippen molar-refractivity contribution in [1.82, 2.24) is 0 Å². The second-order valence-corrected chi connectivity index (χ2v) is 16.8. The second-order valence-electron chi connectivity index (χ2n) is 16.8. The Hall–Kier alpha value is -5.75. The molecule has 0 aromatic rings. The van der Waals surface area contributed by atoms with Crippen LogP contribution < -0.4 is 0 Å². The van der Waals surface area contributed by atoms with Crippen LogP contribution in [0, 0.1) is 0 Å². The van der Waals surface area contributed by atoms with Crippen LogP contribution >= 0.6 is 0 Å². The lowest BCUT2D eigenvalue weighted by atomic mass is 10.1. The standard InChI is InChI=1S/C65H94O6/c1-4-7-10-13-16-19-22-25-28-31-32-35-37-40-43-46-49-52-55-58-64(67)70-61-62(71-65(68)59-56-53-50-47-44-41-38-34-30-27-24-21-18-15-12-9-6-3)60-69-63(66)57-54-51-48-45-42-39-36-33-29-26-23-20-17-14-11-8-5-2/h7,9-10,12-13,16-22,25-32,35-41,43,45,47-48,50,62H,4-6,8,11,14-15,23-24,33-34,42,44,46,49,51-61H2,1-3H3/b10-7-,12-9-,16-13-,20-17-,21-18-,22-19-,28-25-,29-26-,30-27-,32-31+,37-35-,39-36-,41-38-,43-40-,48-45-,50-47-. The number of carbonyl (C=O) groups excluding carboxylic acids is 3. The number of allylic oxidation sites excluding steroid dienone is 32. The highest BCUT2D eigenvalue weighted by Gasteiger charge is 2.19. The molecule has 1 unspecified atom stereocenters. The van der Waals surface area contributed by atoms with Crippen LogP contribution in [0.25, 0.3) is 0 Å². The number of esters is 3. The van der Waals surface area contributed by atoms with Crippen LogP contribution in [0.4, 0.5) is 0 Å². The van der Waals surface area contributed by atoms with Crippen LogP contribution in [0.15, 0.2) is 194 Å². The smallest absolute Gasteiger partial charge is 0.306 e. The van der Waals surface area contributed by atoms with Gasteiger partial charge in [-0.1, -0.05) is 234 Å². The van der Waals surface area contributed by atoms with Crippen molar-refractivity contribution in [3.05, 3.63) is 194 Å². The van der Waals surface area contributed by atoms with E-state index in [2.05, 4.69) is 142 Å². The molecule has 0 bridgehead atoms. The molecule has 6 nitrogen and oxygen atoms in total.